The average molecular weight is 279 g/mol. The molecule has 9 heteroatoms. The summed E-state index contributed by atoms with van der Waals surface area (Å²) in [6.07, 6.45) is 2.99. The van der Waals surface area contributed by atoms with Gasteiger partial charge in [0.1, 0.15) is 17.8 Å². The zero-order chi connectivity index (χ0) is 14.5. The molecule has 0 saturated carbocycles. The normalized spacial score (nSPS) is 10.7. The number of anilines is 1. The molecule has 108 valence electrons. The number of aromatic amines is 1. The van der Waals surface area contributed by atoms with Crippen LogP contribution in [0, 0.1) is 17.0 Å². The second-order valence-electron chi connectivity index (χ2n) is 4.32. The molecule has 0 unspecified atom stereocenters. The minimum atomic E-state index is -0.396. The second kappa shape index (κ2) is 6.13. The van der Waals surface area contributed by atoms with E-state index >= 15 is 0 Å². The number of nitrogens with zero attached hydrogens (tertiary/aromatic N) is 5. The van der Waals surface area contributed by atoms with E-state index < -0.39 is 4.92 Å². The van der Waals surface area contributed by atoms with Gasteiger partial charge >= 0.3 is 5.69 Å². The molecule has 2 aromatic rings. The molecule has 0 fully saturated rings. The van der Waals surface area contributed by atoms with Crippen LogP contribution in [0.4, 0.5) is 11.5 Å². The van der Waals surface area contributed by atoms with Crippen LogP contribution in [0.3, 0.4) is 0 Å². The smallest absolute Gasteiger partial charge is 0.333 e. The second-order valence-corrected chi connectivity index (χ2v) is 4.32. The van der Waals surface area contributed by atoms with Crippen LogP contribution < -0.4 is 5.32 Å². The Hall–Kier alpha value is -2.45. The Bertz CT molecular complexity index is 576. The summed E-state index contributed by atoms with van der Waals surface area (Å²) < 4.78 is 1.61. The SMILES string of the molecule is CCn1nc(C)c([N+](=O)[O-])c1NCCCc1ncn[nH]1. The summed E-state index contributed by atoms with van der Waals surface area (Å²) in [7, 11) is 0. The lowest BCUT2D eigenvalue weighted by Gasteiger charge is -2.06. The van der Waals surface area contributed by atoms with Crippen LogP contribution in [0.5, 0.6) is 0 Å². The van der Waals surface area contributed by atoms with Crippen molar-refractivity contribution in [2.45, 2.75) is 33.2 Å². The Kier molecular flexibility index (Phi) is 4.28. The third-order valence-corrected chi connectivity index (χ3v) is 2.93. The summed E-state index contributed by atoms with van der Waals surface area (Å²) in [6.45, 7) is 4.73. The fourth-order valence-corrected chi connectivity index (χ4v) is 2.01. The van der Waals surface area contributed by atoms with Crippen LogP contribution in [0.25, 0.3) is 0 Å². The maximum absolute atomic E-state index is 11.1. The van der Waals surface area contributed by atoms with Crippen LogP contribution in [0.15, 0.2) is 6.33 Å². The van der Waals surface area contributed by atoms with Crippen LogP contribution in [0.2, 0.25) is 0 Å². The Morgan fingerprint density at radius 2 is 2.35 bits per heavy atom. The topological polar surface area (TPSA) is 115 Å². The van der Waals surface area contributed by atoms with Gasteiger partial charge in [-0.25, -0.2) is 9.67 Å². The van der Waals surface area contributed by atoms with Gasteiger partial charge in [0, 0.05) is 19.5 Å². The molecule has 20 heavy (non-hydrogen) atoms. The van der Waals surface area contributed by atoms with Crippen LogP contribution in [0.1, 0.15) is 24.9 Å². The first kappa shape index (κ1) is 14.0. The standard InChI is InChI=1S/C11H17N7O2/c1-3-17-11(10(18(19)20)8(2)16-17)12-6-4-5-9-13-7-14-15-9/h7,12H,3-6H2,1-2H3,(H,13,14,15). The first-order valence-corrected chi connectivity index (χ1v) is 6.43. The Morgan fingerprint density at radius 1 is 1.55 bits per heavy atom. The first-order chi connectivity index (χ1) is 9.63. The van der Waals surface area contributed by atoms with Crippen molar-refractivity contribution in [1.82, 2.24) is 25.0 Å². The van der Waals surface area contributed by atoms with Gasteiger partial charge in [-0.2, -0.15) is 10.2 Å². The highest BCUT2D eigenvalue weighted by molar-refractivity contribution is 5.59. The van der Waals surface area contributed by atoms with Gasteiger partial charge in [0.25, 0.3) is 0 Å². The summed E-state index contributed by atoms with van der Waals surface area (Å²) in [6, 6.07) is 0. The van der Waals surface area contributed by atoms with Crippen molar-refractivity contribution in [3.8, 4) is 0 Å². The fraction of sp³-hybridized carbons (Fsp3) is 0.545. The summed E-state index contributed by atoms with van der Waals surface area (Å²) >= 11 is 0. The Morgan fingerprint density at radius 3 is 2.95 bits per heavy atom. The number of aryl methyl sites for hydroxylation is 3. The fourth-order valence-electron chi connectivity index (χ4n) is 2.01. The van der Waals surface area contributed by atoms with E-state index in [4.69, 9.17) is 0 Å². The zero-order valence-electron chi connectivity index (χ0n) is 11.5. The van der Waals surface area contributed by atoms with Crippen LogP contribution in [-0.4, -0.2) is 36.4 Å². The van der Waals surface area contributed by atoms with Gasteiger partial charge in [0.05, 0.1) is 4.92 Å². The van der Waals surface area contributed by atoms with Gasteiger partial charge in [-0.15, -0.1) is 0 Å². The van der Waals surface area contributed by atoms with E-state index in [1.807, 2.05) is 6.92 Å². The molecule has 0 atom stereocenters. The molecular weight excluding hydrogens is 262 g/mol. The van der Waals surface area contributed by atoms with E-state index in [1.54, 1.807) is 11.6 Å². The predicted octanol–water partition coefficient (Wildman–Crippen LogP) is 1.28. The third kappa shape index (κ3) is 2.92. The lowest BCUT2D eigenvalue weighted by atomic mass is 10.3. The number of rotatable bonds is 7. The Balaban J connectivity index is 1.99. The lowest BCUT2D eigenvalue weighted by molar-refractivity contribution is -0.384. The van der Waals surface area contributed by atoms with E-state index in [0.29, 0.717) is 24.6 Å². The summed E-state index contributed by atoms with van der Waals surface area (Å²) in [4.78, 5) is 14.7. The minimum absolute atomic E-state index is 0.0477. The number of nitro groups is 1. The maximum Gasteiger partial charge on any atom is 0.333 e. The first-order valence-electron chi connectivity index (χ1n) is 6.43. The average Bonchev–Trinajstić information content (AvgIpc) is 3.01. The molecular formula is C11H17N7O2. The van der Waals surface area contributed by atoms with Crippen molar-refractivity contribution in [2.24, 2.45) is 0 Å². The van der Waals surface area contributed by atoms with Gasteiger partial charge in [-0.3, -0.25) is 15.2 Å². The molecule has 0 aliphatic heterocycles. The molecule has 0 aliphatic carbocycles. The van der Waals surface area contributed by atoms with Gasteiger partial charge < -0.3 is 5.32 Å². The molecule has 0 spiro atoms. The summed E-state index contributed by atoms with van der Waals surface area (Å²) in [5, 5.41) is 24.9. The van der Waals surface area contributed by atoms with Gasteiger partial charge in [-0.1, -0.05) is 0 Å². The van der Waals surface area contributed by atoms with E-state index in [1.165, 1.54) is 6.33 Å². The van der Waals surface area contributed by atoms with Crippen LogP contribution >= 0.6 is 0 Å². The third-order valence-electron chi connectivity index (χ3n) is 2.93. The number of nitrogens with one attached hydrogen (secondary N) is 2. The van der Waals surface area contributed by atoms with Crippen molar-refractivity contribution in [3.63, 3.8) is 0 Å². The van der Waals surface area contributed by atoms with Crippen molar-refractivity contribution < 1.29 is 4.92 Å². The summed E-state index contributed by atoms with van der Waals surface area (Å²) in [5.74, 6) is 1.27. The highest BCUT2D eigenvalue weighted by Crippen LogP contribution is 2.27. The van der Waals surface area contributed by atoms with E-state index in [9.17, 15) is 10.1 Å². The minimum Gasteiger partial charge on any atom is -0.365 e. The molecule has 2 rings (SSSR count). The van der Waals surface area contributed by atoms with Crippen molar-refractivity contribution in [3.05, 3.63) is 28.0 Å². The zero-order valence-corrected chi connectivity index (χ0v) is 11.5. The highest BCUT2D eigenvalue weighted by Gasteiger charge is 2.24. The molecule has 0 aromatic carbocycles. The molecule has 0 aliphatic rings. The van der Waals surface area contributed by atoms with Crippen molar-refractivity contribution in [2.75, 3.05) is 11.9 Å². The molecule has 9 nitrogen and oxygen atoms in total. The number of hydrogen-bond donors (Lipinski definition) is 2. The number of hydrogen-bond acceptors (Lipinski definition) is 6. The summed E-state index contributed by atoms with van der Waals surface area (Å²) in [5.41, 5.74) is 0.473. The van der Waals surface area contributed by atoms with Crippen molar-refractivity contribution in [1.29, 1.82) is 0 Å². The van der Waals surface area contributed by atoms with E-state index in [2.05, 4.69) is 25.6 Å². The maximum atomic E-state index is 11.1. The van der Waals surface area contributed by atoms with E-state index in [-0.39, 0.29) is 5.69 Å². The molecule has 0 bridgehead atoms. The molecule has 0 saturated heterocycles. The largest absolute Gasteiger partial charge is 0.365 e. The molecule has 0 radical (unpaired) electrons. The molecule has 2 aromatic heterocycles. The Labute approximate surface area is 115 Å². The highest BCUT2D eigenvalue weighted by atomic mass is 16.6. The van der Waals surface area contributed by atoms with Gasteiger partial charge in [0.2, 0.25) is 5.82 Å². The van der Waals surface area contributed by atoms with Crippen LogP contribution in [-0.2, 0) is 13.0 Å². The quantitative estimate of drug-likeness (QED) is 0.448. The van der Waals surface area contributed by atoms with Crippen molar-refractivity contribution >= 4 is 11.5 Å². The monoisotopic (exact) mass is 279 g/mol. The molecule has 0 amide bonds. The molecule has 2 N–H and O–H groups in total. The predicted molar refractivity (Wildman–Crippen MR) is 72.5 cm³/mol. The number of H-pyrrole nitrogens is 1. The number of aromatic nitrogens is 5. The molecule has 2 heterocycles. The lowest BCUT2D eigenvalue weighted by Crippen LogP contribution is -2.10. The van der Waals surface area contributed by atoms with Gasteiger partial charge in [-0.05, 0) is 20.3 Å². The van der Waals surface area contributed by atoms with E-state index in [0.717, 1.165) is 18.7 Å². The van der Waals surface area contributed by atoms with Gasteiger partial charge in [0.15, 0.2) is 0 Å².